The van der Waals surface area contributed by atoms with Gasteiger partial charge >= 0.3 is 0 Å². The molecule has 2 amide bonds. The van der Waals surface area contributed by atoms with Crippen LogP contribution < -0.4 is 10.6 Å². The van der Waals surface area contributed by atoms with Crippen LogP contribution in [-0.4, -0.2) is 33.1 Å². The van der Waals surface area contributed by atoms with Gasteiger partial charge in [0.2, 0.25) is 5.91 Å². The Balaban J connectivity index is 1.59. The molecule has 0 aliphatic carbocycles. The fourth-order valence-corrected chi connectivity index (χ4v) is 3.67. The van der Waals surface area contributed by atoms with Gasteiger partial charge in [-0.25, -0.2) is 9.67 Å². The highest BCUT2D eigenvalue weighted by Gasteiger charge is 2.18. The lowest BCUT2D eigenvalue weighted by Gasteiger charge is -2.12. The van der Waals surface area contributed by atoms with Crippen LogP contribution in [-0.2, 0) is 11.3 Å². The lowest BCUT2D eigenvalue weighted by atomic mass is 10.1. The van der Waals surface area contributed by atoms with E-state index >= 15 is 0 Å². The highest BCUT2D eigenvalue weighted by molar-refractivity contribution is 6.08. The molecule has 2 aromatic heterocycles. The van der Waals surface area contributed by atoms with Crippen LogP contribution in [0.1, 0.15) is 28.4 Å². The summed E-state index contributed by atoms with van der Waals surface area (Å²) in [5.74, 6) is -0.629. The maximum absolute atomic E-state index is 13.1. The first-order chi connectivity index (χ1) is 15.5. The van der Waals surface area contributed by atoms with Crippen molar-refractivity contribution in [2.24, 2.45) is 0 Å². The van der Waals surface area contributed by atoms with E-state index in [0.717, 1.165) is 22.4 Å². The molecule has 0 atom stereocenters. The molecule has 0 fully saturated rings. The van der Waals surface area contributed by atoms with Gasteiger partial charge in [-0.2, -0.15) is 5.10 Å². The number of carbonyl (C=O) groups excluding carboxylic acids is 2. The first kappa shape index (κ1) is 21.2. The van der Waals surface area contributed by atoms with E-state index < -0.39 is 0 Å². The fraction of sp³-hybridized carbons (Fsp3) is 0.200. The van der Waals surface area contributed by atoms with E-state index in [0.29, 0.717) is 28.8 Å². The number of benzene rings is 2. The van der Waals surface area contributed by atoms with Gasteiger partial charge in [-0.05, 0) is 38.0 Å². The van der Waals surface area contributed by atoms with Crippen molar-refractivity contribution in [1.29, 1.82) is 0 Å². The second-order valence-corrected chi connectivity index (χ2v) is 7.62. The number of anilines is 1. The summed E-state index contributed by atoms with van der Waals surface area (Å²) in [5, 5.41) is 10.6. The van der Waals surface area contributed by atoms with E-state index in [2.05, 4.69) is 15.7 Å². The highest BCUT2D eigenvalue weighted by atomic mass is 16.2. The summed E-state index contributed by atoms with van der Waals surface area (Å²) in [7, 11) is 0. The predicted molar refractivity (Wildman–Crippen MR) is 126 cm³/mol. The molecule has 0 bridgehead atoms. The van der Waals surface area contributed by atoms with Gasteiger partial charge < -0.3 is 10.6 Å². The van der Waals surface area contributed by atoms with Gasteiger partial charge in [-0.3, -0.25) is 9.59 Å². The van der Waals surface area contributed by atoms with Crippen LogP contribution in [0.3, 0.4) is 0 Å². The van der Waals surface area contributed by atoms with Crippen molar-refractivity contribution in [3.05, 3.63) is 77.5 Å². The standard InChI is InChI=1S/C25H25N5O2/c1-4-30-24-20(14-27-30)19(13-21(28-24)18-11-6-5-7-12-18)25(32)26-15-22(31)29-23-16(2)9-8-10-17(23)3/h5-14H,4,15H2,1-3H3,(H,26,32)(H,29,31). The molecule has 0 aliphatic heterocycles. The monoisotopic (exact) mass is 427 g/mol. The maximum atomic E-state index is 13.1. The van der Waals surface area contributed by atoms with E-state index in [9.17, 15) is 9.59 Å². The molecule has 2 heterocycles. The maximum Gasteiger partial charge on any atom is 0.252 e. The molecule has 4 aromatic rings. The number of para-hydroxylation sites is 1. The zero-order chi connectivity index (χ0) is 22.7. The first-order valence-corrected chi connectivity index (χ1v) is 10.5. The zero-order valence-electron chi connectivity index (χ0n) is 18.3. The number of nitrogens with zero attached hydrogens (tertiary/aromatic N) is 3. The van der Waals surface area contributed by atoms with Crippen molar-refractivity contribution >= 4 is 28.5 Å². The number of hydrogen-bond acceptors (Lipinski definition) is 4. The Kier molecular flexibility index (Phi) is 5.98. The van der Waals surface area contributed by atoms with Gasteiger partial charge in [0.15, 0.2) is 5.65 Å². The van der Waals surface area contributed by atoms with E-state index in [1.54, 1.807) is 16.9 Å². The van der Waals surface area contributed by atoms with Crippen LogP contribution in [0.4, 0.5) is 5.69 Å². The number of carbonyl (C=O) groups is 2. The fourth-order valence-electron chi connectivity index (χ4n) is 3.67. The molecule has 7 nitrogen and oxygen atoms in total. The topological polar surface area (TPSA) is 88.9 Å². The molecule has 0 aliphatic rings. The van der Waals surface area contributed by atoms with Crippen molar-refractivity contribution in [1.82, 2.24) is 20.1 Å². The number of aryl methyl sites for hydroxylation is 3. The van der Waals surface area contributed by atoms with Crippen LogP contribution in [0.5, 0.6) is 0 Å². The summed E-state index contributed by atoms with van der Waals surface area (Å²) in [5.41, 5.74) is 5.37. The van der Waals surface area contributed by atoms with Crippen LogP contribution in [0.25, 0.3) is 22.3 Å². The van der Waals surface area contributed by atoms with Gasteiger partial charge in [0.25, 0.3) is 5.91 Å². The van der Waals surface area contributed by atoms with Crippen molar-refractivity contribution in [2.45, 2.75) is 27.3 Å². The van der Waals surface area contributed by atoms with Gasteiger partial charge in [0, 0.05) is 17.8 Å². The minimum atomic E-state index is -0.345. The third-order valence-electron chi connectivity index (χ3n) is 5.38. The highest BCUT2D eigenvalue weighted by Crippen LogP contribution is 2.25. The first-order valence-electron chi connectivity index (χ1n) is 10.5. The molecule has 4 rings (SSSR count). The summed E-state index contributed by atoms with van der Waals surface area (Å²) in [4.78, 5) is 30.3. The van der Waals surface area contributed by atoms with Crippen LogP contribution >= 0.6 is 0 Å². The van der Waals surface area contributed by atoms with Crippen molar-refractivity contribution in [3.63, 3.8) is 0 Å². The predicted octanol–water partition coefficient (Wildman–Crippen LogP) is 4.10. The number of fused-ring (bicyclic) bond motifs is 1. The second-order valence-electron chi connectivity index (χ2n) is 7.62. The Morgan fingerprint density at radius 2 is 1.72 bits per heavy atom. The molecule has 162 valence electrons. The Hall–Kier alpha value is -4.00. The minimum Gasteiger partial charge on any atom is -0.343 e. The molecule has 0 spiro atoms. The SMILES string of the molecule is CCn1ncc2c(C(=O)NCC(=O)Nc3c(C)cccc3C)cc(-c3ccccc3)nc21. The number of amides is 2. The third kappa shape index (κ3) is 4.23. The van der Waals surface area contributed by atoms with Gasteiger partial charge in [-0.1, -0.05) is 48.5 Å². The molecule has 0 saturated carbocycles. The molecule has 2 N–H and O–H groups in total. The van der Waals surface area contributed by atoms with Crippen molar-refractivity contribution in [3.8, 4) is 11.3 Å². The number of pyridine rings is 1. The lowest BCUT2D eigenvalue weighted by Crippen LogP contribution is -2.33. The average Bonchev–Trinajstić information content (AvgIpc) is 3.23. The summed E-state index contributed by atoms with van der Waals surface area (Å²) >= 11 is 0. The quantitative estimate of drug-likeness (QED) is 0.485. The Morgan fingerprint density at radius 1 is 1.00 bits per heavy atom. The minimum absolute atomic E-state index is 0.140. The zero-order valence-corrected chi connectivity index (χ0v) is 18.3. The normalized spacial score (nSPS) is 10.8. The van der Waals surface area contributed by atoms with E-state index in [4.69, 9.17) is 4.98 Å². The summed E-state index contributed by atoms with van der Waals surface area (Å²) in [6.07, 6.45) is 1.65. The number of aromatic nitrogens is 3. The third-order valence-corrected chi connectivity index (χ3v) is 5.38. The van der Waals surface area contributed by atoms with Crippen LogP contribution in [0.2, 0.25) is 0 Å². The van der Waals surface area contributed by atoms with Gasteiger partial charge in [0.1, 0.15) is 0 Å². The Labute approximate surface area is 186 Å². The second kappa shape index (κ2) is 9.01. The summed E-state index contributed by atoms with van der Waals surface area (Å²) < 4.78 is 1.76. The molecule has 0 saturated heterocycles. The smallest absolute Gasteiger partial charge is 0.252 e. The van der Waals surface area contributed by atoms with Crippen molar-refractivity contribution < 1.29 is 9.59 Å². The molecular formula is C25H25N5O2. The largest absolute Gasteiger partial charge is 0.343 e. The van der Waals surface area contributed by atoms with Gasteiger partial charge in [-0.15, -0.1) is 0 Å². The number of hydrogen-bond donors (Lipinski definition) is 2. The van der Waals surface area contributed by atoms with E-state index in [1.165, 1.54) is 0 Å². The Morgan fingerprint density at radius 3 is 2.41 bits per heavy atom. The molecule has 2 aromatic carbocycles. The Bertz CT molecular complexity index is 1270. The van der Waals surface area contributed by atoms with Crippen LogP contribution in [0, 0.1) is 13.8 Å². The molecule has 0 unspecified atom stereocenters. The van der Waals surface area contributed by atoms with Gasteiger partial charge in [0.05, 0.1) is 29.4 Å². The summed E-state index contributed by atoms with van der Waals surface area (Å²) in [6.45, 7) is 6.34. The molecule has 0 radical (unpaired) electrons. The van der Waals surface area contributed by atoms with Crippen LogP contribution in [0.15, 0.2) is 60.8 Å². The average molecular weight is 428 g/mol. The van der Waals surface area contributed by atoms with E-state index in [1.807, 2.05) is 69.3 Å². The van der Waals surface area contributed by atoms with E-state index in [-0.39, 0.29) is 18.4 Å². The lowest BCUT2D eigenvalue weighted by molar-refractivity contribution is -0.115. The van der Waals surface area contributed by atoms with Crippen molar-refractivity contribution in [2.75, 3.05) is 11.9 Å². The molecule has 32 heavy (non-hydrogen) atoms. The number of rotatable bonds is 6. The molecular weight excluding hydrogens is 402 g/mol. The number of nitrogens with one attached hydrogen (secondary N) is 2. The molecule has 7 heteroatoms. The summed E-state index contributed by atoms with van der Waals surface area (Å²) in [6, 6.07) is 17.2.